The molecule has 0 saturated carbocycles. The topological polar surface area (TPSA) is 150 Å². The minimum atomic E-state index is -1.66. The number of aromatic nitrogens is 2. The van der Waals surface area contributed by atoms with Gasteiger partial charge in [-0.15, -0.1) is 0 Å². The first kappa shape index (κ1) is 25.3. The smallest absolute Gasteiger partial charge is 0.303 e. The highest BCUT2D eigenvalue weighted by Crippen LogP contribution is 2.49. The van der Waals surface area contributed by atoms with E-state index in [0.29, 0.717) is 22.4 Å². The molecule has 1 fully saturated rings. The highest BCUT2D eigenvalue weighted by Gasteiger charge is 2.60. The largest absolute Gasteiger partial charge is 0.456 e. The molecular formula is C23H31N5O6Si. The summed E-state index contributed by atoms with van der Waals surface area (Å²) < 4.78 is 19.9. The van der Waals surface area contributed by atoms with Crippen LogP contribution in [0, 0.1) is 0 Å². The van der Waals surface area contributed by atoms with Gasteiger partial charge in [0.1, 0.15) is 23.3 Å². The molecule has 0 spiro atoms. The molecule has 11 nitrogen and oxygen atoms in total. The fourth-order valence-corrected chi connectivity index (χ4v) is 5.00. The van der Waals surface area contributed by atoms with Gasteiger partial charge in [-0.1, -0.05) is 20.8 Å². The Morgan fingerprint density at radius 3 is 2.66 bits per heavy atom. The number of nitrogens with two attached hydrogens (primary N) is 1. The number of esters is 1. The average Bonchev–Trinajstić information content (AvgIpc) is 3.18. The lowest BCUT2D eigenvalue weighted by Crippen LogP contribution is -2.53. The van der Waals surface area contributed by atoms with Gasteiger partial charge >= 0.3 is 5.97 Å². The molecule has 4 heterocycles. The maximum Gasteiger partial charge on any atom is 0.303 e. The van der Waals surface area contributed by atoms with Gasteiger partial charge in [-0.3, -0.25) is 9.59 Å². The molecule has 2 aliphatic heterocycles. The van der Waals surface area contributed by atoms with Crippen molar-refractivity contribution in [3.63, 3.8) is 0 Å². The highest BCUT2D eigenvalue weighted by molar-refractivity contribution is 6.31. The zero-order valence-corrected chi connectivity index (χ0v) is 21.9. The summed E-state index contributed by atoms with van der Waals surface area (Å²) in [6.07, 6.45) is 0.209. The molecule has 0 aliphatic carbocycles. The molecular weight excluding hydrogens is 470 g/mol. The van der Waals surface area contributed by atoms with Gasteiger partial charge < -0.3 is 34.6 Å². The SMILES string of the molecule is CC(=O)OC1C(C(C)(C)O[Si]C(C)(C)C)OC(n2cc3c(N)cc(=O)nc4c3c2N=CN4)C1(C)O. The predicted octanol–water partition coefficient (Wildman–Crippen LogP) is 2.28. The number of nitrogens with zero attached hydrogens (tertiary/aromatic N) is 3. The lowest BCUT2D eigenvalue weighted by molar-refractivity contribution is -0.165. The fourth-order valence-electron chi connectivity index (χ4n) is 4.32. The number of hydrogen-bond donors (Lipinski definition) is 3. The van der Waals surface area contributed by atoms with Crippen LogP contribution in [0.25, 0.3) is 10.8 Å². The summed E-state index contributed by atoms with van der Waals surface area (Å²) in [6.45, 7) is 12.7. The number of carbonyl (C=O) groups excluding carboxylic acids is 1. The van der Waals surface area contributed by atoms with E-state index in [9.17, 15) is 14.7 Å². The van der Waals surface area contributed by atoms with Crippen LogP contribution in [0.1, 0.15) is 54.7 Å². The molecule has 188 valence electrons. The lowest BCUT2D eigenvalue weighted by atomic mass is 9.88. The molecule has 35 heavy (non-hydrogen) atoms. The molecule has 2 aromatic heterocycles. The van der Waals surface area contributed by atoms with Crippen molar-refractivity contribution in [1.82, 2.24) is 9.55 Å². The van der Waals surface area contributed by atoms with Crippen LogP contribution in [0.4, 0.5) is 17.3 Å². The van der Waals surface area contributed by atoms with Crippen molar-refractivity contribution in [1.29, 1.82) is 0 Å². The monoisotopic (exact) mass is 501 g/mol. The van der Waals surface area contributed by atoms with Crippen LogP contribution in [-0.4, -0.2) is 60.1 Å². The highest BCUT2D eigenvalue weighted by atomic mass is 28.2. The molecule has 2 radical (unpaired) electrons. The van der Waals surface area contributed by atoms with Crippen molar-refractivity contribution in [3.8, 4) is 0 Å². The number of rotatable bonds is 5. The Morgan fingerprint density at radius 2 is 2.03 bits per heavy atom. The second-order valence-corrected chi connectivity index (χ2v) is 12.6. The van der Waals surface area contributed by atoms with Gasteiger partial charge in [-0.05, 0) is 25.8 Å². The van der Waals surface area contributed by atoms with E-state index in [-0.39, 0.29) is 20.5 Å². The Hall–Kier alpha value is -2.80. The number of nitrogen functional groups attached to an aromatic ring is 1. The van der Waals surface area contributed by atoms with E-state index in [0.717, 1.165) is 0 Å². The Balaban J connectivity index is 1.84. The van der Waals surface area contributed by atoms with E-state index in [4.69, 9.17) is 19.6 Å². The van der Waals surface area contributed by atoms with Crippen LogP contribution in [-0.2, 0) is 18.7 Å². The average molecular weight is 502 g/mol. The van der Waals surface area contributed by atoms with Crippen molar-refractivity contribution in [3.05, 3.63) is 22.6 Å². The second kappa shape index (κ2) is 8.40. The van der Waals surface area contributed by atoms with Gasteiger partial charge in [0.2, 0.25) is 9.76 Å². The molecule has 0 aromatic carbocycles. The van der Waals surface area contributed by atoms with Crippen molar-refractivity contribution >= 4 is 50.2 Å². The van der Waals surface area contributed by atoms with E-state index >= 15 is 0 Å². The van der Waals surface area contributed by atoms with Crippen LogP contribution < -0.4 is 16.6 Å². The molecule has 2 aromatic rings. The summed E-state index contributed by atoms with van der Waals surface area (Å²) >= 11 is 0. The van der Waals surface area contributed by atoms with Crippen molar-refractivity contribution in [2.24, 2.45) is 4.99 Å². The third-order valence-electron chi connectivity index (χ3n) is 5.92. The molecule has 4 atom stereocenters. The van der Waals surface area contributed by atoms with Crippen LogP contribution in [0.5, 0.6) is 0 Å². The summed E-state index contributed by atoms with van der Waals surface area (Å²) in [5.74, 6) is 0.142. The van der Waals surface area contributed by atoms with Crippen LogP contribution in [0.3, 0.4) is 0 Å². The first-order valence-corrected chi connectivity index (χ1v) is 12.2. The maximum atomic E-state index is 12.1. The standard InChI is InChI=1S/C23H31N5O6Si/c1-11(29)32-17-16(22(5,6)34-35-21(2,3)4)33-20(23(17,7)31)28-9-12-13(24)8-14(30)27-18-15(12)19(28)26-10-25-18/h8-10,16-17,20,31H,24H2,1-7H3,(H,25,26,27,30). The molecule has 4 unspecified atom stereocenters. The second-order valence-electron chi connectivity index (χ2n) is 10.7. The summed E-state index contributed by atoms with van der Waals surface area (Å²) in [5, 5.41) is 15.6. The Labute approximate surface area is 205 Å². The summed E-state index contributed by atoms with van der Waals surface area (Å²) in [4.78, 5) is 32.6. The summed E-state index contributed by atoms with van der Waals surface area (Å²) in [7, 11) is 0.141. The van der Waals surface area contributed by atoms with E-state index in [1.807, 2.05) is 13.8 Å². The third-order valence-corrected chi connectivity index (χ3v) is 7.16. The van der Waals surface area contributed by atoms with Gasteiger partial charge in [-0.25, -0.2) is 4.99 Å². The first-order chi connectivity index (χ1) is 16.1. The predicted molar refractivity (Wildman–Crippen MR) is 133 cm³/mol. The number of aliphatic imine (C=N–C) groups is 1. The van der Waals surface area contributed by atoms with Crippen LogP contribution in [0.15, 0.2) is 22.1 Å². The quantitative estimate of drug-likeness (QED) is 0.414. The van der Waals surface area contributed by atoms with Gasteiger partial charge in [0.05, 0.1) is 17.3 Å². The molecule has 0 bridgehead atoms. The minimum absolute atomic E-state index is 0.0877. The Kier molecular flexibility index (Phi) is 6.07. The summed E-state index contributed by atoms with van der Waals surface area (Å²) in [6, 6.07) is 1.23. The zero-order valence-electron chi connectivity index (χ0n) is 20.9. The normalized spacial score (nSPS) is 26.1. The fraction of sp³-hybridized carbons (Fsp3) is 0.565. The molecule has 2 aliphatic rings. The maximum absolute atomic E-state index is 12.1. The third kappa shape index (κ3) is 4.58. The molecule has 1 saturated heterocycles. The Morgan fingerprint density at radius 1 is 1.34 bits per heavy atom. The van der Waals surface area contributed by atoms with E-state index in [2.05, 4.69) is 36.1 Å². The van der Waals surface area contributed by atoms with Gasteiger partial charge in [0.15, 0.2) is 12.3 Å². The van der Waals surface area contributed by atoms with E-state index in [1.165, 1.54) is 19.3 Å². The number of hydrogen-bond acceptors (Lipinski definition) is 10. The molecule has 12 heteroatoms. The van der Waals surface area contributed by atoms with Gasteiger partial charge in [0, 0.05) is 30.3 Å². The van der Waals surface area contributed by atoms with E-state index < -0.39 is 41.2 Å². The van der Waals surface area contributed by atoms with E-state index in [1.54, 1.807) is 17.7 Å². The molecule has 4 N–H and O–H groups in total. The van der Waals surface area contributed by atoms with Crippen molar-refractivity contribution in [2.75, 3.05) is 11.1 Å². The molecule has 0 amide bonds. The first-order valence-electron chi connectivity index (χ1n) is 11.3. The number of carbonyl (C=O) groups is 1. The number of anilines is 2. The number of aliphatic hydroxyl groups is 1. The van der Waals surface area contributed by atoms with Gasteiger partial charge in [0.25, 0.3) is 5.56 Å². The van der Waals surface area contributed by atoms with Crippen molar-refractivity contribution < 1.29 is 23.8 Å². The zero-order chi connectivity index (χ0) is 25.9. The summed E-state index contributed by atoms with van der Waals surface area (Å²) in [5.41, 5.74) is 3.32. The van der Waals surface area contributed by atoms with Gasteiger partial charge in [-0.2, -0.15) is 4.98 Å². The number of ether oxygens (including phenoxy) is 2. The Bertz CT molecular complexity index is 1270. The van der Waals surface area contributed by atoms with Crippen molar-refractivity contribution in [2.45, 2.75) is 83.1 Å². The minimum Gasteiger partial charge on any atom is -0.456 e. The lowest BCUT2D eigenvalue weighted by Gasteiger charge is -2.37. The number of nitrogens with one attached hydrogen (secondary N) is 1. The molecule has 4 rings (SSSR count). The van der Waals surface area contributed by atoms with Crippen LogP contribution >= 0.6 is 0 Å². The van der Waals surface area contributed by atoms with Crippen LogP contribution in [0.2, 0.25) is 5.04 Å².